The first-order valence-electron chi connectivity index (χ1n) is 7.21. The van der Waals surface area contributed by atoms with Crippen LogP contribution >= 0.6 is 34.7 Å². The van der Waals surface area contributed by atoms with Crippen LogP contribution in [0.25, 0.3) is 0 Å². The highest BCUT2D eigenvalue weighted by Gasteiger charge is 2.29. The van der Waals surface area contributed by atoms with Crippen molar-refractivity contribution in [3.63, 3.8) is 0 Å². The minimum atomic E-state index is -0.797. The molecule has 1 aromatic carbocycles. The lowest BCUT2D eigenvalue weighted by Crippen LogP contribution is -2.13. The second-order valence-electron chi connectivity index (χ2n) is 4.90. The van der Waals surface area contributed by atoms with Crippen molar-refractivity contribution >= 4 is 52.1 Å². The van der Waals surface area contributed by atoms with Gasteiger partial charge >= 0.3 is 5.97 Å². The monoisotopic (exact) mass is 399 g/mol. The molecule has 0 N–H and O–H groups in total. The number of halogens is 1. The number of carbonyl (C=O) groups excluding carboxylic acids is 2. The third-order valence-electron chi connectivity index (χ3n) is 3.12. The van der Waals surface area contributed by atoms with Gasteiger partial charge in [-0.05, 0) is 31.5 Å². The summed E-state index contributed by atoms with van der Waals surface area (Å²) in [6, 6.07) is 7.84. The van der Waals surface area contributed by atoms with Crippen LogP contribution in [0.3, 0.4) is 0 Å². The minimum absolute atomic E-state index is 0.189. The Kier molecular flexibility index (Phi) is 6.57. The molecule has 9 heteroatoms. The van der Waals surface area contributed by atoms with E-state index in [4.69, 9.17) is 16.3 Å². The summed E-state index contributed by atoms with van der Waals surface area (Å²) in [5, 5.41) is 11.0. The molecule has 0 spiro atoms. The van der Waals surface area contributed by atoms with Crippen LogP contribution in [0, 0.1) is 10.1 Å². The van der Waals surface area contributed by atoms with Gasteiger partial charge in [0.2, 0.25) is 0 Å². The topological polar surface area (TPSA) is 86.5 Å². The fourth-order valence-electron chi connectivity index (χ4n) is 1.96. The standard InChI is InChI=1S/C16H14ClNO5S2/c1-3-23-15(20)14(10-4-6-11(17)7-5-10)25-16-12(18(21)22)8-13(24-16)9(2)19/h4-8,14H,3H2,1-2H3. The van der Waals surface area contributed by atoms with Crippen LogP contribution in [-0.4, -0.2) is 23.3 Å². The second-order valence-corrected chi connectivity index (χ2v) is 7.76. The summed E-state index contributed by atoms with van der Waals surface area (Å²) >= 11 is 7.87. The lowest BCUT2D eigenvalue weighted by Gasteiger charge is -2.14. The van der Waals surface area contributed by atoms with E-state index in [0.717, 1.165) is 23.1 Å². The molecule has 0 saturated heterocycles. The molecule has 0 radical (unpaired) electrons. The zero-order chi connectivity index (χ0) is 18.6. The first kappa shape index (κ1) is 19.4. The number of hydrogen-bond donors (Lipinski definition) is 0. The molecule has 0 fully saturated rings. The van der Waals surface area contributed by atoms with Gasteiger partial charge in [-0.25, -0.2) is 0 Å². The molecular formula is C16H14ClNO5S2. The van der Waals surface area contributed by atoms with Gasteiger partial charge in [-0.15, -0.1) is 11.3 Å². The van der Waals surface area contributed by atoms with E-state index >= 15 is 0 Å². The summed E-state index contributed by atoms with van der Waals surface area (Å²) in [7, 11) is 0. The Morgan fingerprint density at radius 3 is 2.52 bits per heavy atom. The van der Waals surface area contributed by atoms with E-state index in [0.29, 0.717) is 10.6 Å². The molecule has 0 saturated carbocycles. The number of nitrogens with zero attached hydrogens (tertiary/aromatic N) is 1. The predicted octanol–water partition coefficient (Wildman–Crippen LogP) is 4.91. The number of nitro groups is 1. The smallest absolute Gasteiger partial charge is 0.324 e. The molecule has 1 aromatic heterocycles. The van der Waals surface area contributed by atoms with Crippen molar-refractivity contribution in [1.82, 2.24) is 0 Å². The van der Waals surface area contributed by atoms with Gasteiger partial charge in [0.25, 0.3) is 5.69 Å². The van der Waals surface area contributed by atoms with Crippen LogP contribution in [0.15, 0.2) is 34.5 Å². The molecule has 1 unspecified atom stereocenters. The van der Waals surface area contributed by atoms with E-state index < -0.39 is 16.1 Å². The van der Waals surface area contributed by atoms with Crippen molar-refractivity contribution in [2.45, 2.75) is 23.3 Å². The van der Waals surface area contributed by atoms with Gasteiger partial charge in [0.05, 0.1) is 16.4 Å². The molecule has 1 atom stereocenters. The Bertz CT molecular complexity index is 803. The fraction of sp³-hybridized carbons (Fsp3) is 0.250. The quantitative estimate of drug-likeness (QED) is 0.216. The Morgan fingerprint density at radius 2 is 2.00 bits per heavy atom. The molecule has 6 nitrogen and oxygen atoms in total. The van der Waals surface area contributed by atoms with Crippen LogP contribution in [0.5, 0.6) is 0 Å². The lowest BCUT2D eigenvalue weighted by atomic mass is 10.1. The second kappa shape index (κ2) is 8.46. The van der Waals surface area contributed by atoms with Crippen LogP contribution in [0.1, 0.15) is 34.3 Å². The van der Waals surface area contributed by atoms with E-state index in [2.05, 4.69) is 0 Å². The number of ether oxygens (including phenoxy) is 1. The van der Waals surface area contributed by atoms with Crippen molar-refractivity contribution in [3.05, 3.63) is 55.9 Å². The van der Waals surface area contributed by atoms with Gasteiger partial charge in [-0.3, -0.25) is 19.7 Å². The van der Waals surface area contributed by atoms with E-state index in [1.807, 2.05) is 0 Å². The maximum absolute atomic E-state index is 12.3. The number of carbonyl (C=O) groups is 2. The highest BCUT2D eigenvalue weighted by Crippen LogP contribution is 2.45. The molecule has 0 aliphatic heterocycles. The Balaban J connectivity index is 2.42. The molecule has 132 valence electrons. The van der Waals surface area contributed by atoms with Crippen molar-refractivity contribution < 1.29 is 19.2 Å². The molecule has 1 heterocycles. The Morgan fingerprint density at radius 1 is 1.36 bits per heavy atom. The van der Waals surface area contributed by atoms with Gasteiger partial charge in [0.1, 0.15) is 9.46 Å². The summed E-state index contributed by atoms with van der Waals surface area (Å²) < 4.78 is 5.37. The van der Waals surface area contributed by atoms with E-state index in [1.165, 1.54) is 13.0 Å². The predicted molar refractivity (Wildman–Crippen MR) is 97.7 cm³/mol. The highest BCUT2D eigenvalue weighted by atomic mass is 35.5. The lowest BCUT2D eigenvalue weighted by molar-refractivity contribution is -0.387. The highest BCUT2D eigenvalue weighted by molar-refractivity contribution is 8.02. The van der Waals surface area contributed by atoms with Gasteiger partial charge in [-0.2, -0.15) is 0 Å². The maximum Gasteiger partial charge on any atom is 0.324 e. The summed E-state index contributed by atoms with van der Waals surface area (Å²) in [5.74, 6) is -0.777. The van der Waals surface area contributed by atoms with Gasteiger partial charge in [-0.1, -0.05) is 35.5 Å². The fourth-order valence-corrected chi connectivity index (χ4v) is 4.52. The molecule has 2 rings (SSSR count). The van der Waals surface area contributed by atoms with E-state index in [-0.39, 0.29) is 27.2 Å². The van der Waals surface area contributed by atoms with Crippen molar-refractivity contribution in [2.24, 2.45) is 0 Å². The van der Waals surface area contributed by atoms with Crippen molar-refractivity contribution in [3.8, 4) is 0 Å². The molecule has 0 aliphatic carbocycles. The largest absolute Gasteiger partial charge is 0.465 e. The summed E-state index contributed by atoms with van der Waals surface area (Å²) in [5.41, 5.74) is 0.420. The van der Waals surface area contributed by atoms with Gasteiger partial charge < -0.3 is 4.74 Å². The molecular weight excluding hydrogens is 386 g/mol. The molecule has 0 aliphatic rings. The van der Waals surface area contributed by atoms with Crippen molar-refractivity contribution in [2.75, 3.05) is 6.61 Å². The number of hydrogen-bond acceptors (Lipinski definition) is 7. The summed E-state index contributed by atoms with van der Waals surface area (Å²) in [6.45, 7) is 3.21. The van der Waals surface area contributed by atoms with E-state index in [1.54, 1.807) is 31.2 Å². The van der Waals surface area contributed by atoms with Gasteiger partial charge in [0, 0.05) is 11.1 Å². The number of thioether (sulfide) groups is 1. The minimum Gasteiger partial charge on any atom is -0.465 e. The third kappa shape index (κ3) is 4.81. The number of esters is 1. The normalized spacial score (nSPS) is 11.8. The Hall–Kier alpha value is -1.90. The number of thiophene rings is 1. The summed E-state index contributed by atoms with van der Waals surface area (Å²) in [4.78, 5) is 34.9. The molecule has 2 aromatic rings. The number of Topliss-reactive ketones (excluding diaryl/α,β-unsaturated/α-hetero) is 1. The van der Waals surface area contributed by atoms with Crippen molar-refractivity contribution in [1.29, 1.82) is 0 Å². The average Bonchev–Trinajstić information content (AvgIpc) is 2.98. The number of benzene rings is 1. The third-order valence-corrected chi connectivity index (χ3v) is 6.06. The first-order chi connectivity index (χ1) is 11.8. The number of ketones is 1. The summed E-state index contributed by atoms with van der Waals surface area (Å²) in [6.07, 6.45) is 0. The number of rotatable bonds is 7. The van der Waals surface area contributed by atoms with Gasteiger partial charge in [0.15, 0.2) is 5.78 Å². The zero-order valence-electron chi connectivity index (χ0n) is 13.4. The SMILES string of the molecule is CCOC(=O)C(Sc1sc(C(C)=O)cc1[N+](=O)[O-])c1ccc(Cl)cc1. The van der Waals surface area contributed by atoms with Crippen LogP contribution in [0.4, 0.5) is 5.69 Å². The molecule has 0 bridgehead atoms. The average molecular weight is 400 g/mol. The molecule has 25 heavy (non-hydrogen) atoms. The molecule has 0 amide bonds. The Labute approximate surface area is 157 Å². The van der Waals surface area contributed by atoms with Crippen LogP contribution in [-0.2, 0) is 9.53 Å². The van der Waals surface area contributed by atoms with Crippen LogP contribution < -0.4 is 0 Å². The first-order valence-corrected chi connectivity index (χ1v) is 9.28. The van der Waals surface area contributed by atoms with E-state index in [9.17, 15) is 19.7 Å². The maximum atomic E-state index is 12.3. The van der Waals surface area contributed by atoms with Crippen LogP contribution in [0.2, 0.25) is 5.02 Å². The zero-order valence-corrected chi connectivity index (χ0v) is 15.7.